The lowest BCUT2D eigenvalue weighted by atomic mass is 10.1. The van der Waals surface area contributed by atoms with Crippen LogP contribution < -0.4 is 0 Å². The van der Waals surface area contributed by atoms with Crippen LogP contribution in [0.1, 0.15) is 23.1 Å². The van der Waals surface area contributed by atoms with Gasteiger partial charge in [0, 0.05) is 6.42 Å². The van der Waals surface area contributed by atoms with Gasteiger partial charge in [0.1, 0.15) is 6.29 Å². The molecule has 0 aliphatic rings. The summed E-state index contributed by atoms with van der Waals surface area (Å²) >= 11 is 0. The molecule has 0 atom stereocenters. The predicted molar refractivity (Wildman–Crippen MR) is 88.8 cm³/mol. The highest BCUT2D eigenvalue weighted by atomic mass is 32.2. The first-order valence-corrected chi connectivity index (χ1v) is 8.89. The highest BCUT2D eigenvalue weighted by Gasteiger charge is 2.14. The fourth-order valence-corrected chi connectivity index (χ4v) is 3.12. The van der Waals surface area contributed by atoms with E-state index in [4.69, 9.17) is 4.18 Å². The van der Waals surface area contributed by atoms with Gasteiger partial charge in [-0.1, -0.05) is 42.0 Å². The number of aldehydes is 1. The van der Waals surface area contributed by atoms with Crippen molar-refractivity contribution >= 4 is 16.4 Å². The zero-order valence-corrected chi connectivity index (χ0v) is 13.9. The molecule has 0 heterocycles. The minimum absolute atomic E-state index is 0.0906. The average molecular weight is 332 g/mol. The van der Waals surface area contributed by atoms with E-state index in [1.165, 1.54) is 0 Å². The first-order chi connectivity index (χ1) is 11.0. The fourth-order valence-electron chi connectivity index (χ4n) is 2.21. The minimum Gasteiger partial charge on any atom is -0.303 e. The second kappa shape index (κ2) is 8.04. The van der Waals surface area contributed by atoms with Crippen molar-refractivity contribution in [3.63, 3.8) is 0 Å². The Morgan fingerprint density at radius 1 is 1.00 bits per heavy atom. The maximum Gasteiger partial charge on any atom is 0.296 e. The van der Waals surface area contributed by atoms with Crippen molar-refractivity contribution < 1.29 is 17.4 Å². The van der Waals surface area contributed by atoms with Gasteiger partial charge < -0.3 is 4.79 Å². The molecule has 0 saturated carbocycles. The summed E-state index contributed by atoms with van der Waals surface area (Å²) < 4.78 is 29.3. The Balaban J connectivity index is 1.93. The quantitative estimate of drug-likeness (QED) is 0.550. The molecule has 122 valence electrons. The van der Waals surface area contributed by atoms with Gasteiger partial charge in [0.2, 0.25) is 0 Å². The Morgan fingerprint density at radius 2 is 1.65 bits per heavy atom. The average Bonchev–Trinajstić information content (AvgIpc) is 2.53. The standard InChI is InChI=1S/C18H20O4S/c1-15-7-9-18(10-8-15)23(20,21)22-13-11-17-5-2-4-16(14-17)6-3-12-19/h2,4-5,7-10,12,14H,3,6,11,13H2,1H3. The lowest BCUT2D eigenvalue weighted by molar-refractivity contribution is -0.107. The molecule has 2 aromatic rings. The third-order valence-electron chi connectivity index (χ3n) is 3.48. The zero-order valence-electron chi connectivity index (χ0n) is 13.1. The van der Waals surface area contributed by atoms with E-state index in [-0.39, 0.29) is 11.5 Å². The summed E-state index contributed by atoms with van der Waals surface area (Å²) in [5.74, 6) is 0. The van der Waals surface area contributed by atoms with Crippen molar-refractivity contribution in [1.82, 2.24) is 0 Å². The van der Waals surface area contributed by atoms with E-state index in [1.807, 2.05) is 31.2 Å². The number of hydrogen-bond donors (Lipinski definition) is 0. The van der Waals surface area contributed by atoms with E-state index in [2.05, 4.69) is 0 Å². The molecule has 0 radical (unpaired) electrons. The van der Waals surface area contributed by atoms with Crippen LogP contribution in [0.4, 0.5) is 0 Å². The normalized spacial score (nSPS) is 11.3. The van der Waals surface area contributed by atoms with Gasteiger partial charge in [0.25, 0.3) is 10.1 Å². The van der Waals surface area contributed by atoms with Gasteiger partial charge in [0.05, 0.1) is 11.5 Å². The number of aryl methyl sites for hydroxylation is 2. The van der Waals surface area contributed by atoms with E-state index in [9.17, 15) is 13.2 Å². The second-order valence-electron chi connectivity index (χ2n) is 5.36. The highest BCUT2D eigenvalue weighted by molar-refractivity contribution is 7.86. The van der Waals surface area contributed by atoms with Crippen LogP contribution in [0.2, 0.25) is 0 Å². The third kappa shape index (κ3) is 5.30. The van der Waals surface area contributed by atoms with E-state index < -0.39 is 10.1 Å². The SMILES string of the molecule is Cc1ccc(S(=O)(=O)OCCc2cccc(CCC=O)c2)cc1. The molecule has 4 nitrogen and oxygen atoms in total. The van der Waals surface area contributed by atoms with Crippen LogP contribution in [-0.2, 0) is 31.9 Å². The lowest BCUT2D eigenvalue weighted by Gasteiger charge is -2.07. The molecular weight excluding hydrogens is 312 g/mol. The molecule has 0 aliphatic carbocycles. The Hall–Kier alpha value is -1.98. The summed E-state index contributed by atoms with van der Waals surface area (Å²) in [6.45, 7) is 1.99. The molecule has 0 N–H and O–H groups in total. The van der Waals surface area contributed by atoms with Crippen molar-refractivity contribution in [2.24, 2.45) is 0 Å². The summed E-state index contributed by atoms with van der Waals surface area (Å²) in [7, 11) is -3.72. The largest absolute Gasteiger partial charge is 0.303 e. The molecule has 0 fully saturated rings. The second-order valence-corrected chi connectivity index (χ2v) is 6.98. The van der Waals surface area contributed by atoms with Gasteiger partial charge in [-0.05, 0) is 43.0 Å². The van der Waals surface area contributed by atoms with Crippen molar-refractivity contribution in [2.75, 3.05) is 6.61 Å². The monoisotopic (exact) mass is 332 g/mol. The highest BCUT2D eigenvalue weighted by Crippen LogP contribution is 2.14. The van der Waals surface area contributed by atoms with Crippen LogP contribution in [0.15, 0.2) is 53.4 Å². The molecule has 0 saturated heterocycles. The molecule has 23 heavy (non-hydrogen) atoms. The minimum atomic E-state index is -3.72. The molecule has 0 bridgehead atoms. The van der Waals surface area contributed by atoms with E-state index in [0.29, 0.717) is 19.3 Å². The van der Waals surface area contributed by atoms with Crippen molar-refractivity contribution in [3.8, 4) is 0 Å². The van der Waals surface area contributed by atoms with Gasteiger partial charge in [-0.15, -0.1) is 0 Å². The molecule has 2 rings (SSSR count). The maximum absolute atomic E-state index is 12.1. The fraction of sp³-hybridized carbons (Fsp3) is 0.278. The molecular formula is C18H20O4S. The first-order valence-electron chi connectivity index (χ1n) is 7.49. The van der Waals surface area contributed by atoms with Crippen molar-refractivity contribution in [1.29, 1.82) is 0 Å². The van der Waals surface area contributed by atoms with Crippen LogP contribution in [0, 0.1) is 6.92 Å². The summed E-state index contributed by atoms with van der Waals surface area (Å²) in [6, 6.07) is 14.3. The molecule has 2 aromatic carbocycles. The Kier molecular flexibility index (Phi) is 6.07. The molecule has 0 amide bonds. The Bertz CT molecular complexity index is 749. The van der Waals surface area contributed by atoms with Crippen LogP contribution in [0.3, 0.4) is 0 Å². The van der Waals surface area contributed by atoms with Crippen LogP contribution in [0.5, 0.6) is 0 Å². The summed E-state index contributed by atoms with van der Waals surface area (Å²) in [5.41, 5.74) is 3.06. The lowest BCUT2D eigenvalue weighted by Crippen LogP contribution is -2.09. The van der Waals surface area contributed by atoms with Gasteiger partial charge in [-0.25, -0.2) is 0 Å². The number of hydrogen-bond acceptors (Lipinski definition) is 4. The van der Waals surface area contributed by atoms with Crippen LogP contribution in [-0.4, -0.2) is 21.3 Å². The Labute approximate surface area is 137 Å². The maximum atomic E-state index is 12.1. The summed E-state index contributed by atoms with van der Waals surface area (Å²) in [4.78, 5) is 10.6. The first kappa shape index (κ1) is 17.4. The van der Waals surface area contributed by atoms with Crippen molar-refractivity contribution in [3.05, 3.63) is 65.2 Å². The zero-order chi connectivity index (χ0) is 16.7. The number of benzene rings is 2. The molecule has 0 unspecified atom stereocenters. The van der Waals surface area contributed by atoms with Gasteiger partial charge in [0.15, 0.2) is 0 Å². The number of rotatable bonds is 8. The van der Waals surface area contributed by atoms with E-state index in [1.54, 1.807) is 24.3 Å². The topological polar surface area (TPSA) is 60.4 Å². The summed E-state index contributed by atoms with van der Waals surface area (Å²) in [6.07, 6.45) is 2.57. The molecule has 0 aromatic heterocycles. The third-order valence-corrected chi connectivity index (χ3v) is 4.81. The van der Waals surface area contributed by atoms with Gasteiger partial charge in [-0.3, -0.25) is 4.18 Å². The van der Waals surface area contributed by atoms with E-state index in [0.717, 1.165) is 23.0 Å². The molecule has 0 aliphatic heterocycles. The predicted octanol–water partition coefficient (Wildman–Crippen LogP) is 3.07. The van der Waals surface area contributed by atoms with Crippen LogP contribution in [0.25, 0.3) is 0 Å². The summed E-state index contributed by atoms with van der Waals surface area (Å²) in [5, 5.41) is 0. The number of carbonyl (C=O) groups is 1. The molecule has 5 heteroatoms. The number of carbonyl (C=O) groups excluding carboxylic acids is 1. The van der Waals surface area contributed by atoms with Gasteiger partial charge in [-0.2, -0.15) is 8.42 Å². The Morgan fingerprint density at radius 3 is 2.30 bits per heavy atom. The van der Waals surface area contributed by atoms with Crippen molar-refractivity contribution in [2.45, 2.75) is 31.1 Å². The van der Waals surface area contributed by atoms with Gasteiger partial charge >= 0.3 is 0 Å². The van der Waals surface area contributed by atoms with Crippen LogP contribution >= 0.6 is 0 Å². The molecule has 0 spiro atoms. The van der Waals surface area contributed by atoms with E-state index >= 15 is 0 Å². The smallest absolute Gasteiger partial charge is 0.296 e.